The lowest BCUT2D eigenvalue weighted by Crippen LogP contribution is -2.37. The number of phenolic OH excluding ortho intramolecular Hbond substituents is 1. The quantitative estimate of drug-likeness (QED) is 0.701. The molecule has 1 aromatic heterocycles. The number of rotatable bonds is 6. The maximum atomic E-state index is 13.0. The third kappa shape index (κ3) is 3.92. The minimum atomic E-state index is -4.07. The fraction of sp³-hybridized carbons (Fsp3) is 0.111. The molecular weight excluding hydrogens is 372 g/mol. The summed E-state index contributed by atoms with van der Waals surface area (Å²) in [5, 5.41) is 11.3. The molecule has 8 heteroatoms. The Labute approximate surface area is 155 Å². The lowest BCUT2D eigenvalue weighted by molar-refractivity contribution is -0.117. The number of carbonyl (C=O) groups excluding carboxylic acids is 1. The molecular formula is C18H16N2O4S2. The van der Waals surface area contributed by atoms with E-state index >= 15 is 0 Å². The fourth-order valence-corrected chi connectivity index (χ4v) is 4.46. The van der Waals surface area contributed by atoms with Crippen LogP contribution < -0.4 is 4.31 Å². The normalized spacial score (nSPS) is 11.2. The van der Waals surface area contributed by atoms with E-state index in [4.69, 9.17) is 0 Å². The van der Waals surface area contributed by atoms with Gasteiger partial charge in [0, 0.05) is 11.8 Å². The van der Waals surface area contributed by atoms with Gasteiger partial charge in [0.2, 0.25) is 5.91 Å². The summed E-state index contributed by atoms with van der Waals surface area (Å²) >= 11 is 1.42. The van der Waals surface area contributed by atoms with E-state index in [1.807, 2.05) is 5.38 Å². The monoisotopic (exact) mass is 388 g/mol. The molecule has 0 saturated carbocycles. The highest BCUT2D eigenvalue weighted by Crippen LogP contribution is 2.26. The van der Waals surface area contributed by atoms with Crippen LogP contribution in [0.4, 0.5) is 5.69 Å². The van der Waals surface area contributed by atoms with E-state index in [-0.39, 0.29) is 22.8 Å². The number of hydrogen-bond donors (Lipinski definition) is 1. The third-order valence-corrected chi connectivity index (χ3v) is 6.07. The Kier molecular flexibility index (Phi) is 5.34. The Morgan fingerprint density at radius 3 is 2.38 bits per heavy atom. The number of phenols is 1. The van der Waals surface area contributed by atoms with E-state index in [0.29, 0.717) is 6.42 Å². The van der Waals surface area contributed by atoms with Gasteiger partial charge in [0.05, 0.1) is 21.8 Å². The van der Waals surface area contributed by atoms with Crippen LogP contribution in [0.25, 0.3) is 0 Å². The maximum Gasteiger partial charge on any atom is 0.270 e. The van der Waals surface area contributed by atoms with E-state index in [1.54, 1.807) is 23.7 Å². The molecule has 2 aromatic carbocycles. The van der Waals surface area contributed by atoms with Gasteiger partial charge >= 0.3 is 0 Å². The Morgan fingerprint density at radius 1 is 1.08 bits per heavy atom. The van der Waals surface area contributed by atoms with E-state index in [1.165, 1.54) is 47.7 Å². The fourth-order valence-electron chi connectivity index (χ4n) is 2.40. The second-order valence-corrected chi connectivity index (χ2v) is 7.98. The van der Waals surface area contributed by atoms with Crippen molar-refractivity contribution in [2.45, 2.75) is 17.7 Å². The average Bonchev–Trinajstić information content (AvgIpc) is 3.16. The topological polar surface area (TPSA) is 87.6 Å². The number of amides is 1. The summed E-state index contributed by atoms with van der Waals surface area (Å²) in [5.74, 6) is -0.576. The van der Waals surface area contributed by atoms with Crippen molar-refractivity contribution in [3.63, 3.8) is 0 Å². The second-order valence-electron chi connectivity index (χ2n) is 5.47. The highest BCUT2D eigenvalue weighted by atomic mass is 32.2. The van der Waals surface area contributed by atoms with E-state index in [9.17, 15) is 18.3 Å². The van der Waals surface area contributed by atoms with E-state index < -0.39 is 15.9 Å². The Balaban J connectivity index is 1.96. The van der Waals surface area contributed by atoms with Gasteiger partial charge in [-0.3, -0.25) is 4.79 Å². The number of aromatic nitrogens is 1. The SMILES string of the molecule is O=C(CCc1cscn1)N(c1ccc(O)cc1)S(=O)(=O)c1ccccc1. The molecule has 1 heterocycles. The van der Waals surface area contributed by atoms with Crippen LogP contribution in [0.15, 0.2) is 70.4 Å². The Hall–Kier alpha value is -2.71. The van der Waals surface area contributed by atoms with Crippen molar-refractivity contribution < 1.29 is 18.3 Å². The first-order valence-electron chi connectivity index (χ1n) is 7.78. The molecule has 1 N–H and O–H groups in total. The molecule has 3 rings (SSSR count). The Morgan fingerprint density at radius 2 is 1.77 bits per heavy atom. The molecule has 0 saturated heterocycles. The Bertz CT molecular complexity index is 970. The maximum absolute atomic E-state index is 13.0. The summed E-state index contributed by atoms with van der Waals surface area (Å²) in [4.78, 5) is 16.9. The predicted molar refractivity (Wildman–Crippen MR) is 99.7 cm³/mol. The van der Waals surface area contributed by atoms with Gasteiger partial charge in [0.15, 0.2) is 0 Å². The van der Waals surface area contributed by atoms with Crippen molar-refractivity contribution in [3.05, 3.63) is 71.2 Å². The molecule has 1 amide bonds. The minimum absolute atomic E-state index is 0.00330. The molecule has 0 bridgehead atoms. The van der Waals surface area contributed by atoms with Crippen LogP contribution in [0, 0.1) is 0 Å². The van der Waals surface area contributed by atoms with Crippen LogP contribution in [0.1, 0.15) is 12.1 Å². The molecule has 0 aliphatic heterocycles. The van der Waals surface area contributed by atoms with Crippen molar-refractivity contribution in [2.24, 2.45) is 0 Å². The second kappa shape index (κ2) is 7.67. The molecule has 0 radical (unpaired) electrons. The molecule has 0 aliphatic rings. The van der Waals surface area contributed by atoms with Crippen LogP contribution >= 0.6 is 11.3 Å². The highest BCUT2D eigenvalue weighted by molar-refractivity contribution is 7.93. The molecule has 0 spiro atoms. The molecule has 26 heavy (non-hydrogen) atoms. The number of sulfonamides is 1. The van der Waals surface area contributed by atoms with Crippen molar-refractivity contribution in [1.82, 2.24) is 4.98 Å². The number of anilines is 1. The van der Waals surface area contributed by atoms with Crippen molar-refractivity contribution in [3.8, 4) is 5.75 Å². The smallest absolute Gasteiger partial charge is 0.270 e. The van der Waals surface area contributed by atoms with E-state index in [2.05, 4.69) is 4.98 Å². The van der Waals surface area contributed by atoms with Gasteiger partial charge in [-0.25, -0.2) is 17.7 Å². The number of hydrogen-bond acceptors (Lipinski definition) is 6. The van der Waals surface area contributed by atoms with Gasteiger partial charge in [0.25, 0.3) is 10.0 Å². The summed E-state index contributed by atoms with van der Waals surface area (Å²) in [6.45, 7) is 0. The first-order valence-corrected chi connectivity index (χ1v) is 10.2. The number of carbonyl (C=O) groups is 1. The predicted octanol–water partition coefficient (Wildman–Crippen LogP) is 3.20. The summed E-state index contributed by atoms with van der Waals surface area (Å²) < 4.78 is 26.9. The highest BCUT2D eigenvalue weighted by Gasteiger charge is 2.30. The van der Waals surface area contributed by atoms with Gasteiger partial charge in [-0.1, -0.05) is 18.2 Å². The molecule has 6 nitrogen and oxygen atoms in total. The number of aromatic hydroxyl groups is 1. The van der Waals surface area contributed by atoms with Gasteiger partial charge in [0.1, 0.15) is 5.75 Å². The van der Waals surface area contributed by atoms with E-state index in [0.717, 1.165) is 10.00 Å². The van der Waals surface area contributed by atoms with Crippen molar-refractivity contribution >= 4 is 33.0 Å². The lowest BCUT2D eigenvalue weighted by Gasteiger charge is -2.22. The van der Waals surface area contributed by atoms with Gasteiger partial charge in [-0.2, -0.15) is 0 Å². The zero-order chi connectivity index (χ0) is 18.6. The van der Waals surface area contributed by atoms with Crippen molar-refractivity contribution in [1.29, 1.82) is 0 Å². The molecule has 0 atom stereocenters. The zero-order valence-electron chi connectivity index (χ0n) is 13.6. The van der Waals surface area contributed by atoms with Crippen LogP contribution in [-0.2, 0) is 21.2 Å². The van der Waals surface area contributed by atoms with Crippen LogP contribution in [0.5, 0.6) is 5.75 Å². The summed E-state index contributed by atoms with van der Waals surface area (Å²) in [5.41, 5.74) is 2.58. The number of nitrogens with zero attached hydrogens (tertiary/aromatic N) is 2. The lowest BCUT2D eigenvalue weighted by atomic mass is 10.2. The van der Waals surface area contributed by atoms with Crippen LogP contribution in [0.2, 0.25) is 0 Å². The first kappa shape index (κ1) is 18.1. The number of aryl methyl sites for hydroxylation is 1. The minimum Gasteiger partial charge on any atom is -0.508 e. The number of thiazole rings is 1. The van der Waals surface area contributed by atoms with Crippen LogP contribution in [0.3, 0.4) is 0 Å². The summed E-state index contributed by atoms with van der Waals surface area (Å²) in [6.07, 6.45) is 0.345. The molecule has 3 aromatic rings. The first-order chi connectivity index (χ1) is 12.5. The molecule has 134 valence electrons. The average molecular weight is 388 g/mol. The zero-order valence-corrected chi connectivity index (χ0v) is 15.3. The van der Waals surface area contributed by atoms with Gasteiger partial charge in [-0.15, -0.1) is 11.3 Å². The standard InChI is InChI=1S/C18H16N2O4S2/c21-16-9-7-15(8-10-16)20(18(22)11-6-14-12-25-13-19-14)26(23,24)17-4-2-1-3-5-17/h1-5,7-10,12-13,21H,6,11H2. The third-order valence-electron chi connectivity index (χ3n) is 3.67. The largest absolute Gasteiger partial charge is 0.508 e. The summed E-state index contributed by atoms with van der Waals surface area (Å²) in [7, 11) is -4.07. The molecule has 0 unspecified atom stereocenters. The molecule has 0 fully saturated rings. The van der Waals surface area contributed by atoms with Gasteiger partial charge < -0.3 is 5.11 Å². The molecule has 0 aliphatic carbocycles. The van der Waals surface area contributed by atoms with Crippen molar-refractivity contribution in [2.75, 3.05) is 4.31 Å². The van der Waals surface area contributed by atoms with Crippen LogP contribution in [-0.4, -0.2) is 24.4 Å². The van der Waals surface area contributed by atoms with Gasteiger partial charge in [-0.05, 0) is 42.8 Å². The summed E-state index contributed by atoms with van der Waals surface area (Å²) in [6, 6.07) is 13.3. The number of benzene rings is 2.